The van der Waals surface area contributed by atoms with Crippen molar-refractivity contribution in [2.45, 2.75) is 32.2 Å². The molecule has 0 bridgehead atoms. The lowest BCUT2D eigenvalue weighted by Gasteiger charge is -2.32. The van der Waals surface area contributed by atoms with Crippen LogP contribution >= 0.6 is 0 Å². The Morgan fingerprint density at radius 2 is 1.74 bits per heavy atom. The van der Waals surface area contributed by atoms with Gasteiger partial charge in [0.2, 0.25) is 0 Å². The third-order valence-electron chi connectivity index (χ3n) is 6.74. The number of ether oxygens (including phenoxy) is 3. The van der Waals surface area contributed by atoms with Crippen LogP contribution in [0.4, 0.5) is 10.6 Å². The molecule has 0 unspecified atom stereocenters. The van der Waals surface area contributed by atoms with Gasteiger partial charge in [0.1, 0.15) is 17.3 Å². The van der Waals surface area contributed by atoms with Crippen LogP contribution < -0.4 is 19.7 Å². The first-order valence-corrected chi connectivity index (χ1v) is 12.2. The Kier molecular flexibility index (Phi) is 8.46. The number of nitrogens with zero attached hydrogens (tertiary/aromatic N) is 3. The summed E-state index contributed by atoms with van der Waals surface area (Å²) in [5, 5.41) is 3.05. The van der Waals surface area contributed by atoms with Crippen molar-refractivity contribution in [2.75, 3.05) is 58.5 Å². The number of methoxy groups -OCH3 is 2. The number of anilines is 1. The third kappa shape index (κ3) is 6.53. The highest BCUT2D eigenvalue weighted by Gasteiger charge is 2.22. The number of aryl methyl sites for hydroxylation is 1. The van der Waals surface area contributed by atoms with Gasteiger partial charge in [-0.15, -0.1) is 0 Å². The summed E-state index contributed by atoms with van der Waals surface area (Å²) in [5.74, 6) is 3.24. The molecule has 184 valence electrons. The SMILES string of the molecule is COc1cc(CCC2CCN(C(=O)NCc3ccc(N4CCOCC4)nc3)CC2)cc(OC)c1. The van der Waals surface area contributed by atoms with E-state index in [0.717, 1.165) is 88.0 Å². The molecule has 2 aliphatic rings. The van der Waals surface area contributed by atoms with Crippen molar-refractivity contribution in [3.05, 3.63) is 47.7 Å². The number of aromatic nitrogens is 1. The van der Waals surface area contributed by atoms with Crippen LogP contribution in [0.2, 0.25) is 0 Å². The number of morpholine rings is 1. The maximum Gasteiger partial charge on any atom is 0.317 e. The number of piperidine rings is 1. The van der Waals surface area contributed by atoms with Gasteiger partial charge in [-0.25, -0.2) is 9.78 Å². The lowest BCUT2D eigenvalue weighted by molar-refractivity contribution is 0.122. The zero-order chi connectivity index (χ0) is 23.8. The molecule has 2 amide bonds. The Morgan fingerprint density at radius 3 is 2.35 bits per heavy atom. The Morgan fingerprint density at radius 1 is 1.03 bits per heavy atom. The van der Waals surface area contributed by atoms with E-state index < -0.39 is 0 Å². The topological polar surface area (TPSA) is 76.2 Å². The molecule has 4 rings (SSSR count). The van der Waals surface area contributed by atoms with Gasteiger partial charge in [0.15, 0.2) is 0 Å². The number of likely N-dealkylation sites (tertiary alicyclic amines) is 1. The first-order chi connectivity index (χ1) is 16.6. The average molecular weight is 469 g/mol. The molecule has 2 saturated heterocycles. The van der Waals surface area contributed by atoms with E-state index in [1.165, 1.54) is 5.56 Å². The van der Waals surface area contributed by atoms with Crippen molar-refractivity contribution in [1.29, 1.82) is 0 Å². The van der Waals surface area contributed by atoms with Crippen LogP contribution in [-0.4, -0.2) is 69.5 Å². The van der Waals surface area contributed by atoms with Crippen LogP contribution in [0.25, 0.3) is 0 Å². The molecule has 8 heteroatoms. The fraction of sp³-hybridized carbons (Fsp3) is 0.538. The number of benzene rings is 1. The molecule has 0 spiro atoms. The molecule has 2 aliphatic heterocycles. The fourth-order valence-electron chi connectivity index (χ4n) is 4.60. The highest BCUT2D eigenvalue weighted by molar-refractivity contribution is 5.74. The van der Waals surface area contributed by atoms with Crippen molar-refractivity contribution in [3.63, 3.8) is 0 Å². The molecule has 3 heterocycles. The van der Waals surface area contributed by atoms with Crippen LogP contribution in [0.3, 0.4) is 0 Å². The van der Waals surface area contributed by atoms with E-state index in [1.807, 2.05) is 29.3 Å². The molecular weight excluding hydrogens is 432 g/mol. The first kappa shape index (κ1) is 24.1. The summed E-state index contributed by atoms with van der Waals surface area (Å²) in [5.41, 5.74) is 2.23. The molecule has 8 nitrogen and oxygen atoms in total. The van der Waals surface area contributed by atoms with Crippen LogP contribution in [0.1, 0.15) is 30.4 Å². The average Bonchev–Trinajstić information content (AvgIpc) is 2.91. The Hall–Kier alpha value is -3.00. The van der Waals surface area contributed by atoms with Gasteiger partial charge >= 0.3 is 6.03 Å². The van der Waals surface area contributed by atoms with E-state index >= 15 is 0 Å². The summed E-state index contributed by atoms with van der Waals surface area (Å²) < 4.78 is 16.1. The van der Waals surface area contributed by atoms with Gasteiger partial charge in [-0.05, 0) is 60.9 Å². The summed E-state index contributed by atoms with van der Waals surface area (Å²) in [7, 11) is 3.35. The standard InChI is InChI=1S/C26H36N4O4/c1-32-23-15-21(16-24(17-23)33-2)4-3-20-7-9-30(10-8-20)26(31)28-19-22-5-6-25(27-18-22)29-11-13-34-14-12-29/h5-6,15-18,20H,3-4,7-14,19H2,1-2H3,(H,28,31). The van der Waals surface area contributed by atoms with Crippen molar-refractivity contribution in [1.82, 2.24) is 15.2 Å². The normalized spacial score (nSPS) is 16.9. The van der Waals surface area contributed by atoms with Crippen molar-refractivity contribution < 1.29 is 19.0 Å². The minimum atomic E-state index is 0.00763. The summed E-state index contributed by atoms with van der Waals surface area (Å²) in [6.07, 6.45) is 6.00. The quantitative estimate of drug-likeness (QED) is 0.639. The van der Waals surface area contributed by atoms with E-state index in [-0.39, 0.29) is 6.03 Å². The van der Waals surface area contributed by atoms with Crippen LogP contribution in [0, 0.1) is 5.92 Å². The highest BCUT2D eigenvalue weighted by Crippen LogP contribution is 2.27. The Labute approximate surface area is 202 Å². The third-order valence-corrected chi connectivity index (χ3v) is 6.74. The number of pyridine rings is 1. The van der Waals surface area contributed by atoms with Crippen molar-refractivity contribution in [2.24, 2.45) is 5.92 Å². The summed E-state index contributed by atoms with van der Waals surface area (Å²) in [6, 6.07) is 10.1. The zero-order valence-corrected chi connectivity index (χ0v) is 20.3. The number of amides is 2. The monoisotopic (exact) mass is 468 g/mol. The second-order valence-corrected chi connectivity index (χ2v) is 8.97. The molecule has 0 radical (unpaired) electrons. The molecule has 1 N–H and O–H groups in total. The van der Waals surface area contributed by atoms with Crippen molar-refractivity contribution >= 4 is 11.8 Å². The van der Waals surface area contributed by atoms with Gasteiger partial charge in [0.05, 0.1) is 27.4 Å². The smallest absolute Gasteiger partial charge is 0.317 e. The number of hydrogen-bond donors (Lipinski definition) is 1. The molecule has 1 aromatic carbocycles. The lowest BCUT2D eigenvalue weighted by Crippen LogP contribution is -2.44. The molecule has 34 heavy (non-hydrogen) atoms. The van der Waals surface area contributed by atoms with E-state index in [9.17, 15) is 4.79 Å². The number of nitrogens with one attached hydrogen (secondary N) is 1. The van der Waals surface area contributed by atoms with Crippen LogP contribution in [0.15, 0.2) is 36.5 Å². The minimum Gasteiger partial charge on any atom is -0.497 e. The number of urea groups is 1. The number of carbonyl (C=O) groups excluding carboxylic acids is 1. The Balaban J connectivity index is 1.18. The molecule has 0 atom stereocenters. The zero-order valence-electron chi connectivity index (χ0n) is 20.3. The molecule has 2 fully saturated rings. The minimum absolute atomic E-state index is 0.00763. The maximum atomic E-state index is 12.7. The van der Waals surface area contributed by atoms with E-state index in [4.69, 9.17) is 14.2 Å². The lowest BCUT2D eigenvalue weighted by atomic mass is 9.90. The fourth-order valence-corrected chi connectivity index (χ4v) is 4.60. The van der Waals surface area contributed by atoms with Gasteiger partial charge in [0.25, 0.3) is 0 Å². The number of hydrogen-bond acceptors (Lipinski definition) is 6. The van der Waals surface area contributed by atoms with E-state index in [1.54, 1.807) is 14.2 Å². The maximum absolute atomic E-state index is 12.7. The van der Waals surface area contributed by atoms with Gasteiger partial charge in [0, 0.05) is 45.0 Å². The predicted octanol–water partition coefficient (Wildman–Crippen LogP) is 3.49. The van der Waals surface area contributed by atoms with Gasteiger partial charge in [-0.1, -0.05) is 6.07 Å². The van der Waals surface area contributed by atoms with E-state index in [0.29, 0.717) is 12.5 Å². The van der Waals surface area contributed by atoms with Crippen LogP contribution in [-0.2, 0) is 17.7 Å². The predicted molar refractivity (Wildman–Crippen MR) is 132 cm³/mol. The van der Waals surface area contributed by atoms with E-state index in [2.05, 4.69) is 27.3 Å². The molecular formula is C26H36N4O4. The van der Waals surface area contributed by atoms with Crippen LogP contribution in [0.5, 0.6) is 11.5 Å². The summed E-state index contributed by atoms with van der Waals surface area (Å²) in [6.45, 7) is 5.31. The number of rotatable bonds is 8. The van der Waals surface area contributed by atoms with Crippen molar-refractivity contribution in [3.8, 4) is 11.5 Å². The van der Waals surface area contributed by atoms with Gasteiger partial charge in [-0.3, -0.25) is 0 Å². The van der Waals surface area contributed by atoms with Gasteiger partial charge < -0.3 is 29.3 Å². The van der Waals surface area contributed by atoms with Gasteiger partial charge in [-0.2, -0.15) is 0 Å². The summed E-state index contributed by atoms with van der Waals surface area (Å²) in [4.78, 5) is 21.4. The second-order valence-electron chi connectivity index (χ2n) is 8.97. The molecule has 1 aromatic heterocycles. The molecule has 0 saturated carbocycles. The highest BCUT2D eigenvalue weighted by atomic mass is 16.5. The Bertz CT molecular complexity index is 901. The largest absolute Gasteiger partial charge is 0.497 e. The number of carbonyl (C=O) groups is 1. The first-order valence-electron chi connectivity index (χ1n) is 12.2. The summed E-state index contributed by atoms with van der Waals surface area (Å²) >= 11 is 0. The molecule has 0 aliphatic carbocycles. The molecule has 2 aromatic rings. The second kappa shape index (κ2) is 11.9.